The zero-order valence-electron chi connectivity index (χ0n) is 13.8. The molecule has 1 heterocycles. The molecule has 0 unspecified atom stereocenters. The van der Waals surface area contributed by atoms with E-state index >= 15 is 0 Å². The standard InChI is InChI=1S/C16H20F2N4O2/c1-16(2,3)24-15(23)20-6-7-22-9-10(8-21-22)13-11(17)4-5-12(19)14(13)18/h4-5,8-9H,6-7,19H2,1-3H3,(H,20,23). The van der Waals surface area contributed by atoms with Crippen LogP contribution in [0.15, 0.2) is 24.5 Å². The zero-order valence-corrected chi connectivity index (χ0v) is 13.8. The van der Waals surface area contributed by atoms with Crippen LogP contribution >= 0.6 is 0 Å². The molecule has 8 heteroatoms. The summed E-state index contributed by atoms with van der Waals surface area (Å²) >= 11 is 0. The summed E-state index contributed by atoms with van der Waals surface area (Å²) in [6.45, 7) is 5.88. The minimum atomic E-state index is -0.818. The number of nitrogens with two attached hydrogens (primary N) is 1. The molecule has 130 valence electrons. The van der Waals surface area contributed by atoms with Gasteiger partial charge in [-0.1, -0.05) is 0 Å². The first-order chi connectivity index (χ1) is 11.2. The Morgan fingerprint density at radius 1 is 1.38 bits per heavy atom. The Labute approximate surface area is 138 Å². The van der Waals surface area contributed by atoms with E-state index in [-0.39, 0.29) is 23.4 Å². The molecule has 0 aliphatic carbocycles. The van der Waals surface area contributed by atoms with Crippen LogP contribution in [-0.2, 0) is 11.3 Å². The molecule has 0 radical (unpaired) electrons. The van der Waals surface area contributed by atoms with E-state index in [4.69, 9.17) is 10.5 Å². The molecule has 0 saturated heterocycles. The van der Waals surface area contributed by atoms with Crippen molar-refractivity contribution in [2.45, 2.75) is 32.9 Å². The van der Waals surface area contributed by atoms with E-state index in [2.05, 4.69) is 10.4 Å². The third-order valence-corrected chi connectivity index (χ3v) is 3.05. The predicted molar refractivity (Wildman–Crippen MR) is 86.2 cm³/mol. The quantitative estimate of drug-likeness (QED) is 0.840. The molecule has 2 rings (SSSR count). The zero-order chi connectivity index (χ0) is 17.9. The molecule has 2 aromatic rings. The van der Waals surface area contributed by atoms with E-state index in [1.54, 1.807) is 20.8 Å². The highest BCUT2D eigenvalue weighted by atomic mass is 19.1. The molecule has 0 atom stereocenters. The highest BCUT2D eigenvalue weighted by Gasteiger charge is 2.17. The first kappa shape index (κ1) is 17.7. The predicted octanol–water partition coefficient (Wildman–Crippen LogP) is 2.94. The number of benzene rings is 1. The summed E-state index contributed by atoms with van der Waals surface area (Å²) in [4.78, 5) is 11.5. The van der Waals surface area contributed by atoms with Gasteiger partial charge in [-0.05, 0) is 32.9 Å². The molecular weight excluding hydrogens is 318 g/mol. The van der Waals surface area contributed by atoms with Crippen molar-refractivity contribution < 1.29 is 18.3 Å². The minimum Gasteiger partial charge on any atom is -0.444 e. The van der Waals surface area contributed by atoms with Crippen LogP contribution < -0.4 is 11.1 Å². The molecule has 0 aliphatic heterocycles. The Morgan fingerprint density at radius 2 is 2.08 bits per heavy atom. The minimum absolute atomic E-state index is 0.134. The van der Waals surface area contributed by atoms with Gasteiger partial charge in [-0.15, -0.1) is 0 Å². The highest BCUT2D eigenvalue weighted by molar-refractivity contribution is 5.68. The van der Waals surface area contributed by atoms with Crippen molar-refractivity contribution in [1.29, 1.82) is 0 Å². The SMILES string of the molecule is CC(C)(C)OC(=O)NCCn1cc(-c2c(F)ccc(N)c2F)cn1. The lowest BCUT2D eigenvalue weighted by Gasteiger charge is -2.19. The van der Waals surface area contributed by atoms with Gasteiger partial charge >= 0.3 is 6.09 Å². The lowest BCUT2D eigenvalue weighted by Crippen LogP contribution is -2.34. The number of halogens is 2. The fourth-order valence-electron chi connectivity index (χ4n) is 2.03. The maximum atomic E-state index is 14.0. The molecule has 0 bridgehead atoms. The number of nitrogens with one attached hydrogen (secondary N) is 1. The van der Waals surface area contributed by atoms with Gasteiger partial charge in [-0.2, -0.15) is 5.10 Å². The van der Waals surface area contributed by atoms with Crippen LogP contribution in [0.2, 0.25) is 0 Å². The van der Waals surface area contributed by atoms with E-state index in [1.807, 2.05) is 0 Å². The van der Waals surface area contributed by atoms with Crippen LogP contribution in [0.1, 0.15) is 20.8 Å². The van der Waals surface area contributed by atoms with Crippen molar-refractivity contribution in [2.24, 2.45) is 0 Å². The number of aromatic nitrogens is 2. The largest absolute Gasteiger partial charge is 0.444 e. The lowest BCUT2D eigenvalue weighted by atomic mass is 10.1. The van der Waals surface area contributed by atoms with Crippen LogP contribution in [0.3, 0.4) is 0 Å². The average Bonchev–Trinajstić information content (AvgIpc) is 2.90. The lowest BCUT2D eigenvalue weighted by molar-refractivity contribution is 0.0525. The summed E-state index contributed by atoms with van der Waals surface area (Å²) < 4.78 is 34.4. The molecule has 1 amide bonds. The monoisotopic (exact) mass is 338 g/mol. The van der Waals surface area contributed by atoms with Gasteiger partial charge < -0.3 is 15.8 Å². The van der Waals surface area contributed by atoms with Crippen molar-refractivity contribution in [1.82, 2.24) is 15.1 Å². The maximum Gasteiger partial charge on any atom is 0.407 e. The van der Waals surface area contributed by atoms with Crippen LogP contribution in [0.25, 0.3) is 11.1 Å². The van der Waals surface area contributed by atoms with Crippen molar-refractivity contribution >= 4 is 11.8 Å². The van der Waals surface area contributed by atoms with E-state index in [9.17, 15) is 13.6 Å². The van der Waals surface area contributed by atoms with Crippen molar-refractivity contribution in [3.8, 4) is 11.1 Å². The molecule has 6 nitrogen and oxygen atoms in total. The van der Waals surface area contributed by atoms with Gasteiger partial charge in [0.25, 0.3) is 0 Å². The van der Waals surface area contributed by atoms with Crippen molar-refractivity contribution in [2.75, 3.05) is 12.3 Å². The van der Waals surface area contributed by atoms with Gasteiger partial charge in [0.15, 0.2) is 5.82 Å². The van der Waals surface area contributed by atoms with Crippen LogP contribution in [0.5, 0.6) is 0 Å². The van der Waals surface area contributed by atoms with Crippen molar-refractivity contribution in [3.63, 3.8) is 0 Å². The summed E-state index contributed by atoms with van der Waals surface area (Å²) in [6, 6.07) is 2.28. The number of nitrogen functional groups attached to an aromatic ring is 1. The summed E-state index contributed by atoms with van der Waals surface area (Å²) in [6.07, 6.45) is 2.29. The van der Waals surface area contributed by atoms with E-state index in [1.165, 1.54) is 23.1 Å². The molecule has 24 heavy (non-hydrogen) atoms. The second-order valence-corrected chi connectivity index (χ2v) is 6.25. The highest BCUT2D eigenvalue weighted by Crippen LogP contribution is 2.28. The van der Waals surface area contributed by atoms with Gasteiger partial charge in [0.05, 0.1) is 24.0 Å². The molecule has 3 N–H and O–H groups in total. The molecule has 0 saturated carbocycles. The Balaban J connectivity index is 2.00. The Bertz CT molecular complexity index is 738. The summed E-state index contributed by atoms with van der Waals surface area (Å²) in [5.74, 6) is -1.53. The number of carbonyl (C=O) groups excluding carboxylic acids is 1. The van der Waals surface area contributed by atoms with E-state index in [0.717, 1.165) is 6.07 Å². The second-order valence-electron chi connectivity index (χ2n) is 6.25. The van der Waals surface area contributed by atoms with Gasteiger partial charge in [-0.3, -0.25) is 4.68 Å². The Kier molecular flexibility index (Phi) is 5.06. The van der Waals surface area contributed by atoms with Gasteiger partial charge in [0, 0.05) is 18.3 Å². The number of hydrogen-bond donors (Lipinski definition) is 2. The summed E-state index contributed by atoms with van der Waals surface area (Å²) in [5, 5.41) is 6.60. The average molecular weight is 338 g/mol. The number of hydrogen-bond acceptors (Lipinski definition) is 4. The number of alkyl carbamates (subject to hydrolysis) is 1. The summed E-state index contributed by atoms with van der Waals surface area (Å²) in [5.41, 5.74) is 4.81. The fourth-order valence-corrected chi connectivity index (χ4v) is 2.03. The Morgan fingerprint density at radius 3 is 2.75 bits per heavy atom. The number of anilines is 1. The van der Waals surface area contributed by atoms with Crippen LogP contribution in [-0.4, -0.2) is 28.0 Å². The molecule has 0 spiro atoms. The van der Waals surface area contributed by atoms with Gasteiger partial charge in [0.2, 0.25) is 0 Å². The normalized spacial score (nSPS) is 11.4. The van der Waals surface area contributed by atoms with Crippen LogP contribution in [0.4, 0.5) is 19.3 Å². The first-order valence-electron chi connectivity index (χ1n) is 7.40. The maximum absolute atomic E-state index is 14.0. The van der Waals surface area contributed by atoms with Crippen molar-refractivity contribution in [3.05, 3.63) is 36.2 Å². The number of nitrogens with zero attached hydrogens (tertiary/aromatic N) is 2. The molecule has 0 fully saturated rings. The number of carbonyl (C=O) groups is 1. The third-order valence-electron chi connectivity index (χ3n) is 3.05. The smallest absolute Gasteiger partial charge is 0.407 e. The molecule has 1 aromatic heterocycles. The number of rotatable bonds is 4. The number of ether oxygens (including phenoxy) is 1. The first-order valence-corrected chi connectivity index (χ1v) is 7.40. The van der Waals surface area contributed by atoms with E-state index in [0.29, 0.717) is 6.54 Å². The third kappa shape index (κ3) is 4.43. The van der Waals surface area contributed by atoms with Gasteiger partial charge in [0.1, 0.15) is 11.4 Å². The molecular formula is C16H20F2N4O2. The molecule has 0 aliphatic rings. The van der Waals surface area contributed by atoms with Gasteiger partial charge in [-0.25, -0.2) is 13.6 Å². The number of amides is 1. The Hall–Kier alpha value is -2.64. The second kappa shape index (κ2) is 6.86. The summed E-state index contributed by atoms with van der Waals surface area (Å²) in [7, 11) is 0. The van der Waals surface area contributed by atoms with Crippen LogP contribution in [0, 0.1) is 11.6 Å². The fraction of sp³-hybridized carbons (Fsp3) is 0.375. The van der Waals surface area contributed by atoms with E-state index < -0.39 is 23.3 Å². The molecule has 1 aromatic carbocycles. The topological polar surface area (TPSA) is 82.2 Å².